The van der Waals surface area contributed by atoms with Crippen LogP contribution < -0.4 is 0 Å². The standard InChI is InChI=1S/C24H24Br2/c1-3-5-7-15-9-17-13-22(26)20-12-16(8-6-4-2)10-18-14-21(25)19(11-15)23(17)24(18)20/h9-14H,3-8H2,1-2H3. The van der Waals surface area contributed by atoms with Gasteiger partial charge in [-0.2, -0.15) is 0 Å². The molecule has 0 aliphatic rings. The fraction of sp³-hybridized carbons (Fsp3) is 0.333. The Morgan fingerprint density at radius 3 is 1.42 bits per heavy atom. The maximum absolute atomic E-state index is 3.86. The third-order valence-electron chi connectivity index (χ3n) is 5.42. The SMILES string of the molecule is CCCCc1cc2cc(Br)c3cc(CCCC)cc4cc(Br)c(c1)c2c43. The molecule has 0 spiro atoms. The molecular formula is C24H24Br2. The van der Waals surface area contributed by atoms with Gasteiger partial charge in [0, 0.05) is 8.95 Å². The highest BCUT2D eigenvalue weighted by atomic mass is 79.9. The number of unbranched alkanes of at least 4 members (excludes halogenated alkanes) is 2. The molecule has 0 radical (unpaired) electrons. The first-order chi connectivity index (χ1) is 12.6. The molecule has 4 aromatic rings. The molecule has 0 saturated carbocycles. The summed E-state index contributed by atoms with van der Waals surface area (Å²) in [6.07, 6.45) is 7.25. The van der Waals surface area contributed by atoms with E-state index in [0.717, 1.165) is 12.8 Å². The summed E-state index contributed by atoms with van der Waals surface area (Å²) in [6, 6.07) is 14.2. The smallest absolute Gasteiger partial charge is 0.0260 e. The largest absolute Gasteiger partial charge is 0.0654 e. The van der Waals surface area contributed by atoms with Gasteiger partial charge in [-0.05, 0) is 93.4 Å². The summed E-state index contributed by atoms with van der Waals surface area (Å²) in [7, 11) is 0. The van der Waals surface area contributed by atoms with Crippen LogP contribution in [0, 0.1) is 0 Å². The van der Waals surface area contributed by atoms with Crippen molar-refractivity contribution >= 4 is 64.2 Å². The fourth-order valence-corrected chi connectivity index (χ4v) is 5.21. The van der Waals surface area contributed by atoms with E-state index in [9.17, 15) is 0 Å². The lowest BCUT2D eigenvalue weighted by atomic mass is 9.90. The molecule has 0 heterocycles. The Morgan fingerprint density at radius 2 is 1.04 bits per heavy atom. The summed E-state index contributed by atoms with van der Waals surface area (Å²) in [5.74, 6) is 0. The zero-order chi connectivity index (χ0) is 18.3. The van der Waals surface area contributed by atoms with Crippen molar-refractivity contribution in [3.05, 3.63) is 56.5 Å². The van der Waals surface area contributed by atoms with Gasteiger partial charge < -0.3 is 0 Å². The number of halogens is 2. The summed E-state index contributed by atoms with van der Waals surface area (Å²) >= 11 is 7.73. The Balaban J connectivity index is 2.03. The maximum atomic E-state index is 3.86. The van der Waals surface area contributed by atoms with Crippen molar-refractivity contribution in [3.63, 3.8) is 0 Å². The van der Waals surface area contributed by atoms with E-state index in [2.05, 4.69) is 82.1 Å². The average Bonchev–Trinajstić information content (AvgIpc) is 2.63. The van der Waals surface area contributed by atoms with Crippen molar-refractivity contribution in [2.45, 2.75) is 52.4 Å². The van der Waals surface area contributed by atoms with Gasteiger partial charge in [0.25, 0.3) is 0 Å². The quantitative estimate of drug-likeness (QED) is 0.246. The predicted octanol–water partition coefficient (Wildman–Crippen LogP) is 8.79. The van der Waals surface area contributed by atoms with Crippen molar-refractivity contribution in [2.75, 3.05) is 0 Å². The topological polar surface area (TPSA) is 0 Å². The van der Waals surface area contributed by atoms with E-state index in [1.165, 1.54) is 78.1 Å². The molecule has 0 saturated heterocycles. The third kappa shape index (κ3) is 3.16. The second-order valence-electron chi connectivity index (χ2n) is 7.41. The van der Waals surface area contributed by atoms with Gasteiger partial charge in [-0.1, -0.05) is 70.7 Å². The summed E-state index contributed by atoms with van der Waals surface area (Å²) in [4.78, 5) is 0. The van der Waals surface area contributed by atoms with Gasteiger partial charge >= 0.3 is 0 Å². The molecule has 0 N–H and O–H groups in total. The second kappa shape index (κ2) is 7.48. The monoisotopic (exact) mass is 470 g/mol. The number of benzene rings is 4. The van der Waals surface area contributed by atoms with Crippen molar-refractivity contribution in [3.8, 4) is 0 Å². The lowest BCUT2D eigenvalue weighted by Gasteiger charge is -2.17. The van der Waals surface area contributed by atoms with Crippen molar-refractivity contribution in [2.24, 2.45) is 0 Å². The maximum Gasteiger partial charge on any atom is 0.0260 e. The molecule has 0 fully saturated rings. The van der Waals surface area contributed by atoms with E-state index in [4.69, 9.17) is 0 Å². The van der Waals surface area contributed by atoms with Crippen molar-refractivity contribution in [1.29, 1.82) is 0 Å². The van der Waals surface area contributed by atoms with E-state index in [0.29, 0.717) is 0 Å². The van der Waals surface area contributed by atoms with Gasteiger partial charge in [0.15, 0.2) is 0 Å². The lowest BCUT2D eigenvalue weighted by Crippen LogP contribution is -1.93. The van der Waals surface area contributed by atoms with Crippen molar-refractivity contribution in [1.82, 2.24) is 0 Å². The zero-order valence-electron chi connectivity index (χ0n) is 15.5. The number of aryl methyl sites for hydroxylation is 2. The minimum absolute atomic E-state index is 1.15. The Labute approximate surface area is 172 Å². The molecule has 26 heavy (non-hydrogen) atoms. The number of rotatable bonds is 6. The van der Waals surface area contributed by atoms with Crippen LogP contribution >= 0.6 is 31.9 Å². The zero-order valence-corrected chi connectivity index (χ0v) is 18.6. The first-order valence-electron chi connectivity index (χ1n) is 9.71. The molecule has 0 nitrogen and oxygen atoms in total. The van der Waals surface area contributed by atoms with Gasteiger partial charge in [-0.25, -0.2) is 0 Å². The fourth-order valence-electron chi connectivity index (χ4n) is 4.09. The van der Waals surface area contributed by atoms with Gasteiger partial charge in [-0.3, -0.25) is 0 Å². The third-order valence-corrected chi connectivity index (χ3v) is 6.74. The van der Waals surface area contributed by atoms with Gasteiger partial charge in [-0.15, -0.1) is 0 Å². The molecule has 4 aromatic carbocycles. The van der Waals surface area contributed by atoms with Gasteiger partial charge in [0.05, 0.1) is 0 Å². The predicted molar refractivity (Wildman–Crippen MR) is 123 cm³/mol. The average molecular weight is 472 g/mol. The van der Waals surface area contributed by atoms with Crippen molar-refractivity contribution < 1.29 is 0 Å². The highest BCUT2D eigenvalue weighted by Gasteiger charge is 2.15. The lowest BCUT2D eigenvalue weighted by molar-refractivity contribution is 0.796. The molecule has 0 amide bonds. The molecule has 0 aliphatic heterocycles. The molecular weight excluding hydrogens is 448 g/mol. The molecule has 0 atom stereocenters. The Bertz CT molecular complexity index is 991. The minimum atomic E-state index is 1.15. The highest BCUT2D eigenvalue weighted by molar-refractivity contribution is 9.11. The van der Waals surface area contributed by atoms with Gasteiger partial charge in [0.2, 0.25) is 0 Å². The molecule has 0 aromatic heterocycles. The van der Waals surface area contributed by atoms with E-state index in [-0.39, 0.29) is 0 Å². The second-order valence-corrected chi connectivity index (χ2v) is 9.12. The minimum Gasteiger partial charge on any atom is -0.0654 e. The van der Waals surface area contributed by atoms with Crippen LogP contribution in [-0.4, -0.2) is 0 Å². The Morgan fingerprint density at radius 1 is 0.615 bits per heavy atom. The normalized spacial score (nSPS) is 12.0. The Hall–Kier alpha value is -1.12. The van der Waals surface area contributed by atoms with Crippen LogP contribution in [0.15, 0.2) is 45.3 Å². The summed E-state index contributed by atoms with van der Waals surface area (Å²) < 4.78 is 2.43. The molecule has 134 valence electrons. The summed E-state index contributed by atoms with van der Waals surface area (Å²) in [5.41, 5.74) is 2.88. The molecule has 0 bridgehead atoms. The van der Waals surface area contributed by atoms with Crippen LogP contribution in [0.3, 0.4) is 0 Å². The van der Waals surface area contributed by atoms with E-state index >= 15 is 0 Å². The first-order valence-corrected chi connectivity index (χ1v) is 11.3. The first kappa shape index (κ1) is 18.3. The van der Waals surface area contributed by atoms with E-state index < -0.39 is 0 Å². The molecule has 0 aliphatic carbocycles. The Kier molecular flexibility index (Phi) is 5.25. The van der Waals surface area contributed by atoms with Crippen LogP contribution in [0.1, 0.15) is 50.7 Å². The van der Waals surface area contributed by atoms with Gasteiger partial charge in [0.1, 0.15) is 0 Å². The number of hydrogen-bond acceptors (Lipinski definition) is 0. The molecule has 2 heteroatoms. The van der Waals surface area contributed by atoms with Crippen LogP contribution in [0.2, 0.25) is 0 Å². The molecule has 4 rings (SSSR count). The van der Waals surface area contributed by atoms with E-state index in [1.54, 1.807) is 0 Å². The highest BCUT2D eigenvalue weighted by Crippen LogP contribution is 2.42. The molecule has 0 unspecified atom stereocenters. The van der Waals surface area contributed by atoms with Crippen LogP contribution in [-0.2, 0) is 12.8 Å². The number of hydrogen-bond donors (Lipinski definition) is 0. The van der Waals surface area contributed by atoms with Crippen LogP contribution in [0.5, 0.6) is 0 Å². The summed E-state index contributed by atoms with van der Waals surface area (Å²) in [6.45, 7) is 4.51. The van der Waals surface area contributed by atoms with Crippen LogP contribution in [0.25, 0.3) is 32.3 Å². The van der Waals surface area contributed by atoms with E-state index in [1.807, 2.05) is 0 Å². The van der Waals surface area contributed by atoms with Crippen LogP contribution in [0.4, 0.5) is 0 Å². The summed E-state index contributed by atoms with van der Waals surface area (Å²) in [5, 5.41) is 8.19.